The molecule has 0 radical (unpaired) electrons. The highest BCUT2D eigenvalue weighted by atomic mass is 35.5. The van der Waals surface area contributed by atoms with E-state index in [1.54, 1.807) is 6.20 Å². The maximum Gasteiger partial charge on any atom is 0.225 e. The van der Waals surface area contributed by atoms with Crippen LogP contribution in [-0.2, 0) is 13.0 Å². The quantitative estimate of drug-likeness (QED) is 0.834. The second-order valence-corrected chi connectivity index (χ2v) is 4.15. The van der Waals surface area contributed by atoms with Crippen molar-refractivity contribution in [1.29, 1.82) is 0 Å². The molecule has 0 bridgehead atoms. The van der Waals surface area contributed by atoms with Gasteiger partial charge in [-0.05, 0) is 31.0 Å². The van der Waals surface area contributed by atoms with Crippen molar-refractivity contribution >= 4 is 11.6 Å². The molecule has 2 aromatic rings. The fraction of sp³-hybridized carbons (Fsp3) is 0.455. The van der Waals surface area contributed by atoms with Gasteiger partial charge in [-0.3, -0.25) is 4.57 Å². The fourth-order valence-corrected chi connectivity index (χ4v) is 1.83. The number of hydrogen-bond donors (Lipinski definition) is 0. The molecule has 0 aliphatic heterocycles. The zero-order chi connectivity index (χ0) is 12.3. The smallest absolute Gasteiger partial charge is 0.225 e. The lowest BCUT2D eigenvalue weighted by molar-refractivity contribution is 0.690. The molecule has 0 amide bonds. The summed E-state index contributed by atoms with van der Waals surface area (Å²) in [7, 11) is 0. The standard InChI is InChI=1S/C11H14ClN5/c1-3-4-10-15-16-11(12)17(10)7-9-5-6-13-8(2)14-9/h5-6H,3-4,7H2,1-2H3. The Labute approximate surface area is 105 Å². The van der Waals surface area contributed by atoms with E-state index in [1.807, 2.05) is 17.6 Å². The highest BCUT2D eigenvalue weighted by molar-refractivity contribution is 6.28. The minimum atomic E-state index is 0.407. The largest absolute Gasteiger partial charge is 0.296 e. The number of aryl methyl sites for hydroxylation is 2. The zero-order valence-corrected chi connectivity index (χ0v) is 10.6. The zero-order valence-electron chi connectivity index (χ0n) is 9.89. The number of hydrogen-bond acceptors (Lipinski definition) is 4. The van der Waals surface area contributed by atoms with Crippen LogP contribution in [0.4, 0.5) is 0 Å². The van der Waals surface area contributed by atoms with Crippen LogP contribution in [0.25, 0.3) is 0 Å². The van der Waals surface area contributed by atoms with Crippen molar-refractivity contribution in [1.82, 2.24) is 24.7 Å². The van der Waals surface area contributed by atoms with Gasteiger partial charge in [0.05, 0.1) is 12.2 Å². The molecule has 5 nitrogen and oxygen atoms in total. The van der Waals surface area contributed by atoms with Crippen molar-refractivity contribution in [3.05, 3.63) is 34.9 Å². The SMILES string of the molecule is CCCc1nnc(Cl)n1Cc1ccnc(C)n1. The topological polar surface area (TPSA) is 56.5 Å². The number of aromatic nitrogens is 5. The summed E-state index contributed by atoms with van der Waals surface area (Å²) < 4.78 is 1.88. The van der Waals surface area contributed by atoms with E-state index in [2.05, 4.69) is 27.1 Å². The average Bonchev–Trinajstić information content (AvgIpc) is 2.62. The van der Waals surface area contributed by atoms with Crippen LogP contribution < -0.4 is 0 Å². The summed E-state index contributed by atoms with van der Waals surface area (Å²) >= 11 is 6.02. The summed E-state index contributed by atoms with van der Waals surface area (Å²) in [5.74, 6) is 1.65. The molecule has 0 saturated carbocycles. The van der Waals surface area contributed by atoms with E-state index in [4.69, 9.17) is 11.6 Å². The van der Waals surface area contributed by atoms with Crippen molar-refractivity contribution in [3.8, 4) is 0 Å². The predicted molar refractivity (Wildman–Crippen MR) is 64.9 cm³/mol. The highest BCUT2D eigenvalue weighted by Crippen LogP contribution is 2.12. The first-order valence-electron chi connectivity index (χ1n) is 5.56. The molecule has 2 rings (SSSR count). The number of halogens is 1. The Hall–Kier alpha value is -1.49. The van der Waals surface area contributed by atoms with Gasteiger partial charge in [-0.15, -0.1) is 10.2 Å². The van der Waals surface area contributed by atoms with Gasteiger partial charge in [0.2, 0.25) is 5.28 Å². The molecule has 17 heavy (non-hydrogen) atoms. The van der Waals surface area contributed by atoms with E-state index in [-0.39, 0.29) is 0 Å². The van der Waals surface area contributed by atoms with E-state index in [1.165, 1.54) is 0 Å². The Kier molecular flexibility index (Phi) is 3.68. The van der Waals surface area contributed by atoms with Gasteiger partial charge in [0.1, 0.15) is 11.6 Å². The second-order valence-electron chi connectivity index (χ2n) is 3.82. The number of rotatable bonds is 4. The maximum absolute atomic E-state index is 6.02. The molecular formula is C11H14ClN5. The van der Waals surface area contributed by atoms with Crippen LogP contribution in [0.1, 0.15) is 30.7 Å². The Bertz CT molecular complexity index is 508. The van der Waals surface area contributed by atoms with E-state index >= 15 is 0 Å². The van der Waals surface area contributed by atoms with Crippen molar-refractivity contribution in [2.45, 2.75) is 33.2 Å². The van der Waals surface area contributed by atoms with Gasteiger partial charge in [-0.1, -0.05) is 6.92 Å². The molecule has 0 aromatic carbocycles. The molecule has 0 fully saturated rings. The predicted octanol–water partition coefficient (Wildman–Crippen LogP) is 2.03. The van der Waals surface area contributed by atoms with Gasteiger partial charge in [-0.25, -0.2) is 9.97 Å². The first-order valence-corrected chi connectivity index (χ1v) is 5.94. The van der Waals surface area contributed by atoms with E-state index < -0.39 is 0 Å². The summed E-state index contributed by atoms with van der Waals surface area (Å²) in [5.41, 5.74) is 0.913. The van der Waals surface area contributed by atoms with Crippen LogP contribution in [0.2, 0.25) is 5.28 Å². The average molecular weight is 252 g/mol. The van der Waals surface area contributed by atoms with Gasteiger partial charge in [0.25, 0.3) is 0 Å². The van der Waals surface area contributed by atoms with Crippen LogP contribution in [0.3, 0.4) is 0 Å². The van der Waals surface area contributed by atoms with Crippen molar-refractivity contribution in [2.24, 2.45) is 0 Å². The Balaban J connectivity index is 2.26. The molecule has 0 atom stereocenters. The first kappa shape index (κ1) is 12.0. The monoisotopic (exact) mass is 251 g/mol. The minimum absolute atomic E-state index is 0.407. The molecule has 2 aromatic heterocycles. The van der Waals surface area contributed by atoms with E-state index in [9.17, 15) is 0 Å². The van der Waals surface area contributed by atoms with Crippen LogP contribution in [0.5, 0.6) is 0 Å². The molecule has 0 unspecified atom stereocenters. The minimum Gasteiger partial charge on any atom is -0.296 e. The molecule has 0 aliphatic carbocycles. The molecular weight excluding hydrogens is 238 g/mol. The van der Waals surface area contributed by atoms with E-state index in [0.717, 1.165) is 30.2 Å². The molecule has 0 N–H and O–H groups in total. The van der Waals surface area contributed by atoms with Crippen LogP contribution in [-0.4, -0.2) is 24.7 Å². The fourth-order valence-electron chi connectivity index (χ4n) is 1.63. The second kappa shape index (κ2) is 5.23. The molecule has 2 heterocycles. The lowest BCUT2D eigenvalue weighted by atomic mass is 10.3. The molecule has 0 spiro atoms. The van der Waals surface area contributed by atoms with Gasteiger partial charge >= 0.3 is 0 Å². The third kappa shape index (κ3) is 2.79. The Morgan fingerprint density at radius 2 is 2.18 bits per heavy atom. The van der Waals surface area contributed by atoms with Crippen LogP contribution in [0, 0.1) is 6.92 Å². The van der Waals surface area contributed by atoms with Crippen molar-refractivity contribution in [3.63, 3.8) is 0 Å². The Morgan fingerprint density at radius 1 is 1.35 bits per heavy atom. The molecule has 90 valence electrons. The summed E-state index contributed by atoms with van der Waals surface area (Å²) in [5, 5.41) is 8.36. The normalized spacial score (nSPS) is 10.8. The molecule has 0 aliphatic rings. The van der Waals surface area contributed by atoms with Crippen molar-refractivity contribution in [2.75, 3.05) is 0 Å². The van der Waals surface area contributed by atoms with Gasteiger partial charge in [0.15, 0.2) is 0 Å². The van der Waals surface area contributed by atoms with E-state index in [0.29, 0.717) is 11.8 Å². The van der Waals surface area contributed by atoms with Gasteiger partial charge in [0, 0.05) is 12.6 Å². The lowest BCUT2D eigenvalue weighted by Gasteiger charge is -2.06. The summed E-state index contributed by atoms with van der Waals surface area (Å²) in [4.78, 5) is 8.41. The highest BCUT2D eigenvalue weighted by Gasteiger charge is 2.10. The maximum atomic E-state index is 6.02. The van der Waals surface area contributed by atoms with Crippen molar-refractivity contribution < 1.29 is 0 Å². The first-order chi connectivity index (χ1) is 8.20. The van der Waals surface area contributed by atoms with Gasteiger partial charge < -0.3 is 0 Å². The molecule has 0 saturated heterocycles. The molecule has 6 heteroatoms. The van der Waals surface area contributed by atoms with Crippen LogP contribution in [0.15, 0.2) is 12.3 Å². The third-order valence-electron chi connectivity index (χ3n) is 2.41. The number of nitrogens with zero attached hydrogens (tertiary/aromatic N) is 5. The lowest BCUT2D eigenvalue weighted by Crippen LogP contribution is -2.07. The Morgan fingerprint density at radius 3 is 2.88 bits per heavy atom. The summed E-state index contributed by atoms with van der Waals surface area (Å²) in [6.45, 7) is 4.55. The van der Waals surface area contributed by atoms with Crippen LogP contribution >= 0.6 is 11.6 Å². The third-order valence-corrected chi connectivity index (χ3v) is 2.69. The summed E-state index contributed by atoms with van der Waals surface area (Å²) in [6.07, 6.45) is 3.62. The summed E-state index contributed by atoms with van der Waals surface area (Å²) in [6, 6.07) is 1.87. The van der Waals surface area contributed by atoms with Gasteiger partial charge in [-0.2, -0.15) is 0 Å².